The number of rotatable bonds is 12. The first-order chi connectivity index (χ1) is 18.1. The van der Waals surface area contributed by atoms with Crippen molar-refractivity contribution in [2.75, 3.05) is 17.4 Å². The van der Waals surface area contributed by atoms with Gasteiger partial charge in [-0.05, 0) is 49.2 Å². The minimum Gasteiger partial charge on any atom is -0.354 e. The van der Waals surface area contributed by atoms with Crippen LogP contribution in [0.4, 0.5) is 5.69 Å². The molecule has 3 aromatic carbocycles. The number of anilines is 1. The van der Waals surface area contributed by atoms with Crippen LogP contribution in [0.1, 0.15) is 32.3 Å². The number of halogens is 2. The van der Waals surface area contributed by atoms with Crippen LogP contribution in [0.2, 0.25) is 10.0 Å². The van der Waals surface area contributed by atoms with Crippen molar-refractivity contribution in [3.63, 3.8) is 0 Å². The molecule has 1 atom stereocenters. The monoisotopic (exact) mass is 575 g/mol. The number of unbranched alkanes of at least 4 members (excludes halogenated alkanes) is 1. The molecule has 0 aliphatic rings. The normalized spacial score (nSPS) is 12.0. The molecular weight excluding hydrogens is 545 g/mol. The first-order valence-electron chi connectivity index (χ1n) is 12.3. The van der Waals surface area contributed by atoms with Crippen LogP contribution in [0.5, 0.6) is 0 Å². The van der Waals surface area contributed by atoms with Gasteiger partial charge in [0.05, 0.1) is 15.6 Å². The number of carbonyl (C=O) groups is 2. The fourth-order valence-electron chi connectivity index (χ4n) is 3.82. The summed E-state index contributed by atoms with van der Waals surface area (Å²) in [6.07, 6.45) is 1.72. The molecule has 0 saturated carbocycles. The molecule has 0 aliphatic heterocycles. The quantitative estimate of drug-likeness (QED) is 0.288. The molecule has 3 rings (SSSR count). The van der Waals surface area contributed by atoms with E-state index in [2.05, 4.69) is 5.32 Å². The number of hydrogen-bond donors (Lipinski definition) is 1. The van der Waals surface area contributed by atoms with E-state index in [1.54, 1.807) is 25.1 Å². The van der Waals surface area contributed by atoms with E-state index in [9.17, 15) is 18.0 Å². The summed E-state index contributed by atoms with van der Waals surface area (Å²) in [5.41, 5.74) is 0.907. The van der Waals surface area contributed by atoms with Crippen LogP contribution in [0.15, 0.2) is 83.8 Å². The van der Waals surface area contributed by atoms with Crippen LogP contribution in [0.25, 0.3) is 0 Å². The number of sulfonamides is 1. The van der Waals surface area contributed by atoms with Crippen molar-refractivity contribution in [2.24, 2.45) is 0 Å². The second-order valence-electron chi connectivity index (χ2n) is 8.75. The molecule has 0 spiro atoms. The minimum absolute atomic E-state index is 0.00113. The average Bonchev–Trinajstić information content (AvgIpc) is 2.91. The van der Waals surface area contributed by atoms with Crippen LogP contribution in [0, 0.1) is 0 Å². The molecule has 2 amide bonds. The molecule has 1 N–H and O–H groups in total. The molecule has 202 valence electrons. The van der Waals surface area contributed by atoms with Crippen LogP contribution < -0.4 is 9.62 Å². The summed E-state index contributed by atoms with van der Waals surface area (Å²) in [6.45, 7) is 3.69. The standard InChI is InChI=1S/C28H31Cl2N3O4S/c1-3-4-17-31-28(35)21(2)32(19-22-11-7-5-8-12-22)27(34)20-33(26-16-15-23(29)18-25(26)30)38(36,37)24-13-9-6-10-14-24/h5-16,18,21H,3-4,17,19-20H2,1-2H3,(H,31,35)/t21-/m1/s1. The maximum absolute atomic E-state index is 13.8. The van der Waals surface area contributed by atoms with Gasteiger partial charge in [0.15, 0.2) is 0 Å². The molecule has 0 heterocycles. The molecule has 10 heteroatoms. The summed E-state index contributed by atoms with van der Waals surface area (Å²) < 4.78 is 28.5. The van der Waals surface area contributed by atoms with E-state index >= 15 is 0 Å². The summed E-state index contributed by atoms with van der Waals surface area (Å²) in [6, 6.07) is 20.5. The van der Waals surface area contributed by atoms with Gasteiger partial charge in [-0.3, -0.25) is 13.9 Å². The highest BCUT2D eigenvalue weighted by molar-refractivity contribution is 7.92. The minimum atomic E-state index is -4.20. The predicted molar refractivity (Wildman–Crippen MR) is 152 cm³/mol. The number of nitrogens with zero attached hydrogens (tertiary/aromatic N) is 2. The average molecular weight is 577 g/mol. The number of benzene rings is 3. The topological polar surface area (TPSA) is 86.8 Å². The number of amides is 2. The molecule has 7 nitrogen and oxygen atoms in total. The van der Waals surface area contributed by atoms with E-state index in [0.29, 0.717) is 11.6 Å². The highest BCUT2D eigenvalue weighted by atomic mass is 35.5. The lowest BCUT2D eigenvalue weighted by molar-refractivity contribution is -0.139. The third kappa shape index (κ3) is 7.49. The van der Waals surface area contributed by atoms with Crippen molar-refractivity contribution in [1.82, 2.24) is 10.2 Å². The van der Waals surface area contributed by atoms with Gasteiger partial charge in [0, 0.05) is 18.1 Å². The lowest BCUT2D eigenvalue weighted by Crippen LogP contribution is -2.51. The number of carbonyl (C=O) groups excluding carboxylic acids is 2. The second-order valence-corrected chi connectivity index (χ2v) is 11.5. The molecule has 0 unspecified atom stereocenters. The van der Waals surface area contributed by atoms with Crippen molar-refractivity contribution in [1.29, 1.82) is 0 Å². The van der Waals surface area contributed by atoms with E-state index < -0.39 is 28.5 Å². The van der Waals surface area contributed by atoms with E-state index in [-0.39, 0.29) is 28.1 Å². The highest BCUT2D eigenvalue weighted by Gasteiger charge is 2.33. The Morgan fingerprint density at radius 3 is 2.18 bits per heavy atom. The molecule has 0 fully saturated rings. The summed E-state index contributed by atoms with van der Waals surface area (Å²) in [4.78, 5) is 28.2. The number of nitrogens with one attached hydrogen (secondary N) is 1. The molecule has 0 saturated heterocycles. The van der Waals surface area contributed by atoms with Gasteiger partial charge < -0.3 is 10.2 Å². The fraction of sp³-hybridized carbons (Fsp3) is 0.286. The Bertz CT molecular complexity index is 1340. The Balaban J connectivity index is 2.00. The van der Waals surface area contributed by atoms with Crippen LogP contribution in [-0.4, -0.2) is 44.3 Å². The van der Waals surface area contributed by atoms with Gasteiger partial charge in [0.2, 0.25) is 11.8 Å². The zero-order chi connectivity index (χ0) is 27.7. The van der Waals surface area contributed by atoms with Gasteiger partial charge in [-0.1, -0.05) is 85.1 Å². The lowest BCUT2D eigenvalue weighted by Gasteiger charge is -2.32. The van der Waals surface area contributed by atoms with Gasteiger partial charge in [-0.25, -0.2) is 8.42 Å². The molecule has 0 radical (unpaired) electrons. The smallest absolute Gasteiger partial charge is 0.264 e. The van der Waals surface area contributed by atoms with Crippen LogP contribution in [-0.2, 0) is 26.2 Å². The molecule has 0 bridgehead atoms. The highest BCUT2D eigenvalue weighted by Crippen LogP contribution is 2.33. The third-order valence-corrected chi connectivity index (χ3v) is 8.29. The van der Waals surface area contributed by atoms with Gasteiger partial charge in [0.1, 0.15) is 12.6 Å². The number of hydrogen-bond acceptors (Lipinski definition) is 4. The van der Waals surface area contributed by atoms with Crippen molar-refractivity contribution < 1.29 is 18.0 Å². The summed E-state index contributed by atoms with van der Waals surface area (Å²) in [5, 5.41) is 3.26. The second kappa shape index (κ2) is 13.6. The van der Waals surface area contributed by atoms with Gasteiger partial charge in [-0.15, -0.1) is 0 Å². The largest absolute Gasteiger partial charge is 0.354 e. The first-order valence-corrected chi connectivity index (χ1v) is 14.5. The zero-order valence-corrected chi connectivity index (χ0v) is 23.6. The fourth-order valence-corrected chi connectivity index (χ4v) is 5.83. The maximum Gasteiger partial charge on any atom is 0.264 e. The predicted octanol–water partition coefficient (Wildman–Crippen LogP) is 5.52. The first kappa shape index (κ1) is 29.5. The van der Waals surface area contributed by atoms with Crippen molar-refractivity contribution in [3.05, 3.63) is 94.5 Å². The summed E-state index contributed by atoms with van der Waals surface area (Å²) in [7, 11) is -4.20. The van der Waals surface area contributed by atoms with Gasteiger partial charge in [-0.2, -0.15) is 0 Å². The molecule has 0 aliphatic carbocycles. The SMILES string of the molecule is CCCCNC(=O)[C@@H](C)N(Cc1ccccc1)C(=O)CN(c1ccc(Cl)cc1Cl)S(=O)(=O)c1ccccc1. The van der Waals surface area contributed by atoms with E-state index in [1.807, 2.05) is 37.3 Å². The van der Waals surface area contributed by atoms with Crippen molar-refractivity contribution >= 4 is 50.7 Å². The molecule has 0 aromatic heterocycles. The van der Waals surface area contributed by atoms with Crippen LogP contribution in [0.3, 0.4) is 0 Å². The molecule has 38 heavy (non-hydrogen) atoms. The third-order valence-electron chi connectivity index (χ3n) is 5.98. The Hall–Kier alpha value is -3.07. The van der Waals surface area contributed by atoms with Crippen molar-refractivity contribution in [3.8, 4) is 0 Å². The Morgan fingerprint density at radius 1 is 0.947 bits per heavy atom. The van der Waals surface area contributed by atoms with Gasteiger partial charge >= 0.3 is 0 Å². The van der Waals surface area contributed by atoms with Crippen molar-refractivity contribution in [2.45, 2.75) is 44.2 Å². The Labute approximate surface area is 234 Å². The summed E-state index contributed by atoms with van der Waals surface area (Å²) >= 11 is 12.5. The molecular formula is C28H31Cl2N3O4S. The lowest BCUT2D eigenvalue weighted by atomic mass is 10.1. The van der Waals surface area contributed by atoms with Gasteiger partial charge in [0.25, 0.3) is 10.0 Å². The Kier molecular flexibility index (Phi) is 10.6. The zero-order valence-electron chi connectivity index (χ0n) is 21.3. The van der Waals surface area contributed by atoms with E-state index in [0.717, 1.165) is 22.7 Å². The molecule has 3 aromatic rings. The van der Waals surface area contributed by atoms with E-state index in [1.165, 1.54) is 35.2 Å². The Morgan fingerprint density at radius 2 is 1.58 bits per heavy atom. The maximum atomic E-state index is 13.8. The van der Waals surface area contributed by atoms with Crippen LogP contribution >= 0.6 is 23.2 Å². The van der Waals surface area contributed by atoms with E-state index in [4.69, 9.17) is 23.2 Å². The summed E-state index contributed by atoms with van der Waals surface area (Å²) in [5.74, 6) is -0.873.